The lowest BCUT2D eigenvalue weighted by Gasteiger charge is -2.22. The van der Waals surface area contributed by atoms with Crippen molar-refractivity contribution in [3.63, 3.8) is 0 Å². The molecule has 0 fully saturated rings. The molecule has 2 rings (SSSR count). The van der Waals surface area contributed by atoms with E-state index in [1.54, 1.807) is 0 Å². The zero-order chi connectivity index (χ0) is 46.1. The fourth-order valence-corrected chi connectivity index (χ4v) is 13.3. The van der Waals surface area contributed by atoms with Gasteiger partial charge in [0.1, 0.15) is 19.6 Å². The molecule has 358 valence electrons. The topological polar surface area (TPSA) is 173 Å². The Morgan fingerprint density at radius 1 is 0.323 bits per heavy atom. The van der Waals surface area contributed by atoms with Gasteiger partial charge in [-0.25, -0.2) is 0 Å². The summed E-state index contributed by atoms with van der Waals surface area (Å²) in [5.74, 6) is 0. The summed E-state index contributed by atoms with van der Waals surface area (Å²) in [6.07, 6.45) is 19.8. The molecule has 0 aliphatic heterocycles. The van der Waals surface area contributed by atoms with Crippen LogP contribution in [0.3, 0.4) is 0 Å². The van der Waals surface area contributed by atoms with Gasteiger partial charge in [-0.3, -0.25) is 16.7 Å². The van der Waals surface area contributed by atoms with E-state index in [-0.39, 0.29) is 35.4 Å². The van der Waals surface area contributed by atoms with Gasteiger partial charge in [-0.1, -0.05) is 188 Å². The maximum atomic E-state index is 14.4. The molecular weight excluding hydrogens is 1010 g/mol. The zero-order valence-electron chi connectivity index (χ0n) is 37.4. The summed E-state index contributed by atoms with van der Waals surface area (Å²) in [4.78, 5) is -3.10. The summed E-state index contributed by atoms with van der Waals surface area (Å²) in [5, 5.41) is 0. The molecule has 0 amide bonds. The highest BCUT2D eigenvalue weighted by atomic mass is 79.9. The first-order valence-electron chi connectivity index (χ1n) is 22.7. The van der Waals surface area contributed by atoms with Gasteiger partial charge < -0.3 is 0 Å². The van der Waals surface area contributed by atoms with Gasteiger partial charge in [-0.15, -0.1) is 0 Å². The highest BCUT2D eigenvalue weighted by Crippen LogP contribution is 2.46. The van der Waals surface area contributed by atoms with Gasteiger partial charge in [0.15, 0.2) is 0 Å². The maximum absolute atomic E-state index is 14.4. The molecule has 0 aliphatic carbocycles. The predicted octanol–water partition coefficient (Wildman–Crippen LogP) is 13.1. The summed E-state index contributed by atoms with van der Waals surface area (Å²) in [6, 6.07) is 4.29. The Morgan fingerprint density at radius 3 is 0.694 bits per heavy atom. The van der Waals surface area contributed by atoms with Gasteiger partial charge in [0.05, 0.1) is 26.4 Å². The first-order valence-corrected chi connectivity index (χ1v) is 30.0. The third-order valence-corrected chi connectivity index (χ3v) is 16.6. The van der Waals surface area contributed by atoms with Gasteiger partial charge in [0, 0.05) is 20.1 Å². The molecule has 0 unspecified atom stereocenters. The number of rotatable bonds is 37. The van der Waals surface area contributed by atoms with Gasteiger partial charge in [0.25, 0.3) is 40.5 Å². The summed E-state index contributed by atoms with van der Waals surface area (Å²) in [7, 11) is -19.6. The lowest BCUT2D eigenvalue weighted by atomic mass is 10.1. The van der Waals surface area contributed by atoms with E-state index >= 15 is 0 Å². The smallest absolute Gasteiger partial charge is 0.266 e. The van der Waals surface area contributed by atoms with Crippen molar-refractivity contribution in [3.05, 3.63) is 33.2 Å². The summed E-state index contributed by atoms with van der Waals surface area (Å²) in [5.41, 5.74) is -1.51. The van der Waals surface area contributed by atoms with Crippen molar-refractivity contribution < 1.29 is 50.4 Å². The molecule has 0 spiro atoms. The van der Waals surface area contributed by atoms with Crippen LogP contribution in [0.25, 0.3) is 11.1 Å². The summed E-state index contributed by atoms with van der Waals surface area (Å²) >= 11 is 6.52. The first-order chi connectivity index (χ1) is 29.5. The molecule has 0 heterocycles. The van der Waals surface area contributed by atoms with E-state index in [2.05, 4.69) is 59.6 Å². The fraction of sp³-hybridized carbons (Fsp3) is 0.727. The normalized spacial score (nSPS) is 12.7. The van der Waals surface area contributed by atoms with E-state index in [1.165, 1.54) is 0 Å². The molecule has 0 radical (unpaired) electrons. The average molecular weight is 1080 g/mol. The van der Waals surface area contributed by atoms with Crippen molar-refractivity contribution in [3.8, 4) is 11.1 Å². The third-order valence-electron chi connectivity index (χ3n) is 10.3. The van der Waals surface area contributed by atoms with Crippen LogP contribution >= 0.6 is 31.9 Å². The molecule has 62 heavy (non-hydrogen) atoms. The minimum absolute atomic E-state index is 0.0192. The first kappa shape index (κ1) is 57.2. The van der Waals surface area contributed by atoms with Crippen molar-refractivity contribution >= 4 is 72.3 Å². The van der Waals surface area contributed by atoms with Crippen LogP contribution in [0.1, 0.15) is 182 Å². The molecular formula is C44H72Br2O12S4. The molecule has 0 saturated heterocycles. The van der Waals surface area contributed by atoms with Crippen molar-refractivity contribution in [1.29, 1.82) is 0 Å². The van der Waals surface area contributed by atoms with Crippen molar-refractivity contribution in [2.24, 2.45) is 0 Å². The number of hydrogen-bond donors (Lipinski definition) is 0. The van der Waals surface area contributed by atoms with E-state index in [9.17, 15) is 33.7 Å². The zero-order valence-corrected chi connectivity index (χ0v) is 43.8. The fourth-order valence-electron chi connectivity index (χ4n) is 6.86. The second kappa shape index (κ2) is 30.4. The second-order valence-corrected chi connectivity index (χ2v) is 23.9. The molecule has 2 aromatic carbocycles. The quantitative estimate of drug-likeness (QED) is 0.0463. The second-order valence-electron chi connectivity index (χ2n) is 15.7. The molecule has 12 nitrogen and oxygen atoms in total. The molecule has 0 atom stereocenters. The van der Waals surface area contributed by atoms with Crippen LogP contribution in [0, 0.1) is 0 Å². The Hall–Kier alpha value is -0.960. The predicted molar refractivity (Wildman–Crippen MR) is 253 cm³/mol. The maximum Gasteiger partial charge on any atom is 0.297 e. The monoisotopic (exact) mass is 1080 g/mol. The van der Waals surface area contributed by atoms with Crippen molar-refractivity contribution in [1.82, 2.24) is 0 Å². The molecule has 0 N–H and O–H groups in total. The van der Waals surface area contributed by atoms with Gasteiger partial charge in [-0.2, -0.15) is 33.7 Å². The lowest BCUT2D eigenvalue weighted by molar-refractivity contribution is 0.302. The van der Waals surface area contributed by atoms with Crippen LogP contribution in [0.2, 0.25) is 0 Å². The number of benzene rings is 2. The van der Waals surface area contributed by atoms with E-state index < -0.39 is 71.2 Å². The van der Waals surface area contributed by atoms with Crippen molar-refractivity contribution in [2.45, 2.75) is 201 Å². The number of unbranched alkanes of at least 4 members (excludes halogenated alkanes) is 20. The highest BCUT2D eigenvalue weighted by molar-refractivity contribution is 9.10. The van der Waals surface area contributed by atoms with E-state index in [1.807, 2.05) is 0 Å². The Labute approximate surface area is 392 Å². The minimum Gasteiger partial charge on any atom is -0.266 e. The SMILES string of the molecule is CCCCCCCCOS(=O)(=O)c1cc(Br)cc(S(=O)(=O)OCCCCCCCC)c1-c1c(S(=O)(=O)OCCCCCCCC)cc(Br)cc1S(=O)(=O)OCCCCCCCC. The van der Waals surface area contributed by atoms with Crippen LogP contribution in [0.4, 0.5) is 0 Å². The van der Waals surface area contributed by atoms with Crippen molar-refractivity contribution in [2.75, 3.05) is 26.4 Å². The standard InChI is InChI=1S/C44H72Br2O12S4/c1-5-9-13-17-21-25-29-55-59(47,48)39-33-37(45)34-40(60(49,50)56-30-26-22-18-14-10-6-2)43(39)44-41(61(51,52)57-31-27-23-19-15-11-7-3)35-38(46)36-42(44)62(53,54)58-32-28-24-20-16-12-8-4/h33-36H,5-32H2,1-4H3. The Bertz CT molecular complexity index is 1770. The third kappa shape index (κ3) is 20.3. The van der Waals surface area contributed by atoms with Crippen LogP contribution in [-0.2, 0) is 57.2 Å². The number of hydrogen-bond acceptors (Lipinski definition) is 12. The van der Waals surface area contributed by atoms with E-state index in [4.69, 9.17) is 16.7 Å². The lowest BCUT2D eigenvalue weighted by Crippen LogP contribution is -2.19. The van der Waals surface area contributed by atoms with E-state index in [0.717, 1.165) is 127 Å². The average Bonchev–Trinajstić information content (AvgIpc) is 3.21. The Kier molecular flexibility index (Phi) is 28.0. The van der Waals surface area contributed by atoms with Crippen LogP contribution in [-0.4, -0.2) is 60.1 Å². The number of halogens is 2. The van der Waals surface area contributed by atoms with E-state index in [0.29, 0.717) is 51.4 Å². The molecule has 2 aromatic rings. The van der Waals surface area contributed by atoms with Crippen LogP contribution < -0.4 is 0 Å². The molecule has 0 aliphatic rings. The molecule has 0 bridgehead atoms. The highest BCUT2D eigenvalue weighted by Gasteiger charge is 2.38. The molecule has 18 heteroatoms. The van der Waals surface area contributed by atoms with Crippen LogP contribution in [0.15, 0.2) is 52.8 Å². The largest absolute Gasteiger partial charge is 0.297 e. The van der Waals surface area contributed by atoms with Gasteiger partial charge >= 0.3 is 0 Å². The Balaban J connectivity index is 2.91. The summed E-state index contributed by atoms with van der Waals surface area (Å²) in [6.45, 7) is 7.33. The van der Waals surface area contributed by atoms with Crippen LogP contribution in [0.5, 0.6) is 0 Å². The molecule has 0 saturated carbocycles. The van der Waals surface area contributed by atoms with Gasteiger partial charge in [0.2, 0.25) is 0 Å². The molecule has 0 aromatic heterocycles. The minimum atomic E-state index is -4.91. The van der Waals surface area contributed by atoms with Gasteiger partial charge in [-0.05, 0) is 49.9 Å². The summed E-state index contributed by atoms with van der Waals surface area (Å²) < 4.78 is 137. The Morgan fingerprint density at radius 2 is 0.500 bits per heavy atom.